The summed E-state index contributed by atoms with van der Waals surface area (Å²) in [5.74, 6) is 0.454. The van der Waals surface area contributed by atoms with Crippen LogP contribution in [0.5, 0.6) is 0 Å². The summed E-state index contributed by atoms with van der Waals surface area (Å²) in [7, 11) is 0. The minimum atomic E-state index is -0.339. The largest absolute Gasteiger partial charge is 0.349 e. The number of nitrogens with two attached hydrogens (primary N) is 1. The Morgan fingerprint density at radius 3 is 2.81 bits per heavy atom. The molecule has 1 heterocycles. The minimum absolute atomic E-state index is 0.0380. The van der Waals surface area contributed by atoms with Crippen molar-refractivity contribution in [1.29, 1.82) is 0 Å². The molecule has 3 N–H and O–H groups in total. The van der Waals surface area contributed by atoms with Gasteiger partial charge in [0, 0.05) is 6.54 Å². The average Bonchev–Trinajstić information content (AvgIpc) is 2.65. The van der Waals surface area contributed by atoms with Gasteiger partial charge in [-0.2, -0.15) is 4.98 Å². The lowest BCUT2D eigenvalue weighted by Crippen LogP contribution is -2.24. The van der Waals surface area contributed by atoms with E-state index in [4.69, 9.17) is 10.3 Å². The van der Waals surface area contributed by atoms with Crippen molar-refractivity contribution in [2.24, 2.45) is 11.7 Å². The zero-order valence-electron chi connectivity index (χ0n) is 9.86. The summed E-state index contributed by atoms with van der Waals surface area (Å²) < 4.78 is 4.95. The van der Waals surface area contributed by atoms with Crippen LogP contribution in [-0.2, 0) is 0 Å². The van der Waals surface area contributed by atoms with E-state index in [-0.39, 0.29) is 17.8 Å². The van der Waals surface area contributed by atoms with Crippen molar-refractivity contribution in [3.63, 3.8) is 0 Å². The van der Waals surface area contributed by atoms with Crippen LogP contribution in [0.4, 0.5) is 0 Å². The minimum Gasteiger partial charge on any atom is -0.349 e. The summed E-state index contributed by atoms with van der Waals surface area (Å²) in [6, 6.07) is -0.310. The Morgan fingerprint density at radius 2 is 2.25 bits per heavy atom. The predicted molar refractivity (Wildman–Crippen MR) is 58.7 cm³/mol. The average molecular weight is 226 g/mol. The van der Waals surface area contributed by atoms with Gasteiger partial charge in [0.15, 0.2) is 0 Å². The molecule has 0 saturated heterocycles. The molecule has 0 bridgehead atoms. The topological polar surface area (TPSA) is 94.0 Å². The molecule has 0 spiro atoms. The van der Waals surface area contributed by atoms with E-state index in [1.807, 2.05) is 6.92 Å². The Hall–Kier alpha value is -1.43. The summed E-state index contributed by atoms with van der Waals surface area (Å²) in [6.45, 7) is 6.46. The van der Waals surface area contributed by atoms with Crippen LogP contribution in [0.2, 0.25) is 0 Å². The first-order valence-electron chi connectivity index (χ1n) is 5.42. The molecule has 0 aliphatic rings. The third-order valence-electron chi connectivity index (χ3n) is 2.02. The number of amides is 1. The van der Waals surface area contributed by atoms with Gasteiger partial charge in [-0.25, -0.2) is 0 Å². The first-order chi connectivity index (χ1) is 7.54. The van der Waals surface area contributed by atoms with Crippen LogP contribution in [0.15, 0.2) is 4.52 Å². The van der Waals surface area contributed by atoms with Crippen molar-refractivity contribution < 1.29 is 9.32 Å². The van der Waals surface area contributed by atoms with Gasteiger partial charge in [-0.3, -0.25) is 4.79 Å². The monoisotopic (exact) mass is 226 g/mol. The number of carbonyl (C=O) groups is 1. The van der Waals surface area contributed by atoms with Crippen LogP contribution in [-0.4, -0.2) is 22.6 Å². The van der Waals surface area contributed by atoms with Crippen LogP contribution in [0, 0.1) is 5.92 Å². The summed E-state index contributed by atoms with van der Waals surface area (Å²) in [5.41, 5.74) is 5.86. The van der Waals surface area contributed by atoms with Gasteiger partial charge in [-0.15, -0.1) is 0 Å². The third kappa shape index (κ3) is 3.30. The van der Waals surface area contributed by atoms with Crippen molar-refractivity contribution >= 4 is 5.91 Å². The Bertz CT molecular complexity index is 348. The highest BCUT2D eigenvalue weighted by molar-refractivity contribution is 5.90. The smallest absolute Gasteiger partial charge is 0.292 e. The lowest BCUT2D eigenvalue weighted by atomic mass is 10.0. The Labute approximate surface area is 94.6 Å². The van der Waals surface area contributed by atoms with Crippen LogP contribution in [0.25, 0.3) is 0 Å². The van der Waals surface area contributed by atoms with E-state index in [1.54, 1.807) is 0 Å². The third-order valence-corrected chi connectivity index (χ3v) is 2.02. The molecule has 0 aliphatic carbocycles. The van der Waals surface area contributed by atoms with Crippen LogP contribution < -0.4 is 11.1 Å². The molecule has 0 aromatic carbocycles. The number of nitrogens with one attached hydrogen (secondary N) is 1. The number of carbonyl (C=O) groups excluding carboxylic acids is 1. The standard InChI is InChI=1S/C10H18N4O2/c1-4-12-9(15)8-13-10(16-14-8)7(11)5-6(2)3/h6-7H,4-5,11H2,1-3H3,(H,12,15)/t7-/m0/s1. The Kier molecular flexibility index (Phi) is 4.42. The van der Waals surface area contributed by atoms with E-state index >= 15 is 0 Å². The highest BCUT2D eigenvalue weighted by atomic mass is 16.5. The van der Waals surface area contributed by atoms with Crippen LogP contribution in [0.1, 0.15) is 49.7 Å². The zero-order chi connectivity index (χ0) is 12.1. The van der Waals surface area contributed by atoms with Gasteiger partial charge in [0.1, 0.15) is 0 Å². The molecule has 0 saturated carbocycles. The lowest BCUT2D eigenvalue weighted by Gasteiger charge is -2.08. The van der Waals surface area contributed by atoms with Gasteiger partial charge >= 0.3 is 0 Å². The predicted octanol–water partition coefficient (Wildman–Crippen LogP) is 0.865. The van der Waals surface area contributed by atoms with Crippen molar-refractivity contribution in [3.05, 3.63) is 11.7 Å². The van der Waals surface area contributed by atoms with Gasteiger partial charge in [-0.1, -0.05) is 19.0 Å². The quantitative estimate of drug-likeness (QED) is 0.776. The van der Waals surface area contributed by atoms with Crippen molar-refractivity contribution in [1.82, 2.24) is 15.5 Å². The normalized spacial score (nSPS) is 12.8. The summed E-state index contributed by atoms with van der Waals surface area (Å²) in [6.07, 6.45) is 0.747. The first kappa shape index (κ1) is 12.6. The van der Waals surface area contributed by atoms with Crippen molar-refractivity contribution in [2.75, 3.05) is 6.54 Å². The summed E-state index contributed by atoms with van der Waals surface area (Å²) >= 11 is 0. The molecule has 0 radical (unpaired) electrons. The second-order valence-electron chi connectivity index (χ2n) is 4.05. The zero-order valence-corrected chi connectivity index (χ0v) is 9.86. The Morgan fingerprint density at radius 1 is 1.56 bits per heavy atom. The molecule has 0 fully saturated rings. The van der Waals surface area contributed by atoms with E-state index in [9.17, 15) is 4.79 Å². The fourth-order valence-corrected chi connectivity index (χ4v) is 1.33. The van der Waals surface area contributed by atoms with Gasteiger partial charge in [0.05, 0.1) is 6.04 Å². The lowest BCUT2D eigenvalue weighted by molar-refractivity contribution is 0.0942. The molecule has 1 aromatic rings. The fraction of sp³-hybridized carbons (Fsp3) is 0.700. The van der Waals surface area contributed by atoms with Gasteiger partial charge in [0.25, 0.3) is 11.7 Å². The van der Waals surface area contributed by atoms with Gasteiger partial charge < -0.3 is 15.6 Å². The molecule has 90 valence electrons. The maximum absolute atomic E-state index is 11.4. The van der Waals surface area contributed by atoms with E-state index in [0.717, 1.165) is 6.42 Å². The molecule has 16 heavy (non-hydrogen) atoms. The molecular weight excluding hydrogens is 208 g/mol. The number of hydrogen-bond acceptors (Lipinski definition) is 5. The van der Waals surface area contributed by atoms with Crippen molar-refractivity contribution in [2.45, 2.75) is 33.2 Å². The van der Waals surface area contributed by atoms with E-state index in [1.165, 1.54) is 0 Å². The molecule has 1 atom stereocenters. The second-order valence-corrected chi connectivity index (χ2v) is 4.05. The number of hydrogen-bond donors (Lipinski definition) is 2. The second kappa shape index (κ2) is 5.60. The van der Waals surface area contributed by atoms with Gasteiger partial charge in [-0.05, 0) is 19.3 Å². The number of nitrogens with zero attached hydrogens (tertiary/aromatic N) is 2. The van der Waals surface area contributed by atoms with Crippen molar-refractivity contribution in [3.8, 4) is 0 Å². The van der Waals surface area contributed by atoms with Crippen LogP contribution >= 0.6 is 0 Å². The molecule has 6 heteroatoms. The number of rotatable bonds is 5. The summed E-state index contributed by atoms with van der Waals surface area (Å²) in [5, 5.41) is 6.18. The molecule has 6 nitrogen and oxygen atoms in total. The summed E-state index contributed by atoms with van der Waals surface area (Å²) in [4.78, 5) is 15.3. The van der Waals surface area contributed by atoms with E-state index < -0.39 is 0 Å². The molecule has 0 aliphatic heterocycles. The molecule has 1 rings (SSSR count). The molecule has 0 unspecified atom stereocenters. The maximum Gasteiger partial charge on any atom is 0.292 e. The van der Waals surface area contributed by atoms with E-state index in [0.29, 0.717) is 18.4 Å². The van der Waals surface area contributed by atoms with Crippen LogP contribution in [0.3, 0.4) is 0 Å². The first-order valence-corrected chi connectivity index (χ1v) is 5.42. The number of aromatic nitrogens is 2. The molecular formula is C10H18N4O2. The van der Waals surface area contributed by atoms with Gasteiger partial charge in [0.2, 0.25) is 5.89 Å². The molecule has 1 aromatic heterocycles. The fourth-order valence-electron chi connectivity index (χ4n) is 1.33. The SMILES string of the molecule is CCNC(=O)c1noc([C@@H](N)CC(C)C)n1. The highest BCUT2D eigenvalue weighted by Gasteiger charge is 2.19. The maximum atomic E-state index is 11.4. The molecule has 1 amide bonds. The Balaban J connectivity index is 2.67. The van der Waals surface area contributed by atoms with E-state index in [2.05, 4.69) is 29.3 Å². The highest BCUT2D eigenvalue weighted by Crippen LogP contribution is 2.16.